The highest BCUT2D eigenvalue weighted by Gasteiger charge is 2.15. The Bertz CT molecular complexity index is 634. The van der Waals surface area contributed by atoms with E-state index in [-0.39, 0.29) is 11.1 Å². The summed E-state index contributed by atoms with van der Waals surface area (Å²) in [7, 11) is 0. The van der Waals surface area contributed by atoms with E-state index in [0.29, 0.717) is 5.02 Å². The van der Waals surface area contributed by atoms with Gasteiger partial charge >= 0.3 is 0 Å². The minimum atomic E-state index is -0.391. The van der Waals surface area contributed by atoms with Gasteiger partial charge in [0, 0.05) is 14.6 Å². The van der Waals surface area contributed by atoms with E-state index < -0.39 is 5.82 Å². The third kappa shape index (κ3) is 4.55. The van der Waals surface area contributed by atoms with E-state index in [1.165, 1.54) is 6.07 Å². The van der Waals surface area contributed by atoms with Gasteiger partial charge in [-0.05, 0) is 77.0 Å². The minimum absolute atomic E-state index is 0.113. The van der Waals surface area contributed by atoms with Crippen molar-refractivity contribution in [2.75, 3.05) is 6.54 Å². The summed E-state index contributed by atoms with van der Waals surface area (Å²) in [4.78, 5) is 0. The summed E-state index contributed by atoms with van der Waals surface area (Å²) in [5.74, 6) is -0.391. The molecule has 2 rings (SSSR count). The minimum Gasteiger partial charge on any atom is -0.310 e. The zero-order chi connectivity index (χ0) is 15.4. The molecule has 2 aromatic rings. The Labute approximate surface area is 148 Å². The van der Waals surface area contributed by atoms with Crippen molar-refractivity contribution in [3.63, 3.8) is 0 Å². The number of hydrogen-bond donors (Lipinski definition) is 1. The highest BCUT2D eigenvalue weighted by molar-refractivity contribution is 14.1. The third-order valence-electron chi connectivity index (χ3n) is 3.21. The van der Waals surface area contributed by atoms with E-state index in [4.69, 9.17) is 23.2 Å². The van der Waals surface area contributed by atoms with Crippen LogP contribution in [0.2, 0.25) is 10.0 Å². The van der Waals surface area contributed by atoms with Crippen LogP contribution in [0.25, 0.3) is 0 Å². The molecule has 0 fully saturated rings. The summed E-state index contributed by atoms with van der Waals surface area (Å²) in [6.45, 7) is 2.89. The maximum atomic E-state index is 13.3. The van der Waals surface area contributed by atoms with Crippen LogP contribution >= 0.6 is 45.8 Å². The molecule has 0 spiro atoms. The summed E-state index contributed by atoms with van der Waals surface area (Å²) < 4.78 is 14.4. The van der Waals surface area contributed by atoms with Crippen molar-refractivity contribution in [2.45, 2.75) is 19.4 Å². The molecule has 0 bridgehead atoms. The maximum absolute atomic E-state index is 13.3. The van der Waals surface area contributed by atoms with Gasteiger partial charge in [0.2, 0.25) is 0 Å². The van der Waals surface area contributed by atoms with Crippen LogP contribution in [-0.4, -0.2) is 6.54 Å². The van der Waals surface area contributed by atoms with Crippen molar-refractivity contribution in [1.29, 1.82) is 0 Å². The molecule has 21 heavy (non-hydrogen) atoms. The van der Waals surface area contributed by atoms with E-state index in [0.717, 1.165) is 27.7 Å². The average molecular weight is 438 g/mol. The van der Waals surface area contributed by atoms with Gasteiger partial charge in [-0.1, -0.05) is 36.2 Å². The zero-order valence-corrected chi connectivity index (χ0v) is 15.1. The van der Waals surface area contributed by atoms with E-state index in [9.17, 15) is 4.39 Å². The van der Waals surface area contributed by atoms with Gasteiger partial charge in [0.1, 0.15) is 5.82 Å². The molecule has 0 amide bonds. The highest BCUT2D eigenvalue weighted by atomic mass is 127. The molecule has 112 valence electrons. The Morgan fingerprint density at radius 1 is 1.19 bits per heavy atom. The van der Waals surface area contributed by atoms with E-state index in [2.05, 4.69) is 34.8 Å². The van der Waals surface area contributed by atoms with Crippen LogP contribution in [0.1, 0.15) is 24.1 Å². The molecule has 0 aromatic heterocycles. The van der Waals surface area contributed by atoms with Crippen molar-refractivity contribution in [3.05, 3.63) is 67.0 Å². The van der Waals surface area contributed by atoms with Crippen molar-refractivity contribution in [1.82, 2.24) is 5.32 Å². The second-order valence-corrected chi connectivity index (χ2v) is 6.73. The summed E-state index contributed by atoms with van der Waals surface area (Å²) in [6.07, 6.45) is 0.726. The Morgan fingerprint density at radius 2 is 1.95 bits per heavy atom. The van der Waals surface area contributed by atoms with Crippen LogP contribution < -0.4 is 5.32 Å². The lowest BCUT2D eigenvalue weighted by Crippen LogP contribution is -2.23. The molecule has 0 radical (unpaired) electrons. The normalized spacial score (nSPS) is 12.4. The molecule has 5 heteroatoms. The maximum Gasteiger partial charge on any atom is 0.141 e. The lowest BCUT2D eigenvalue weighted by molar-refractivity contribution is 0.546. The smallest absolute Gasteiger partial charge is 0.141 e. The second kappa shape index (κ2) is 7.77. The van der Waals surface area contributed by atoms with Crippen LogP contribution in [0.3, 0.4) is 0 Å². The van der Waals surface area contributed by atoms with Crippen molar-refractivity contribution < 1.29 is 4.39 Å². The van der Waals surface area contributed by atoms with Crippen LogP contribution in [0, 0.1) is 9.39 Å². The van der Waals surface area contributed by atoms with Gasteiger partial charge in [0.05, 0.1) is 5.02 Å². The zero-order valence-electron chi connectivity index (χ0n) is 11.5. The summed E-state index contributed by atoms with van der Waals surface area (Å²) in [5.41, 5.74) is 2.13. The average Bonchev–Trinajstić information content (AvgIpc) is 2.45. The largest absolute Gasteiger partial charge is 0.310 e. The second-order valence-electron chi connectivity index (χ2n) is 4.73. The molecule has 1 atom stereocenters. The molecular weight excluding hydrogens is 423 g/mol. The molecule has 1 unspecified atom stereocenters. The monoisotopic (exact) mass is 437 g/mol. The lowest BCUT2D eigenvalue weighted by Gasteiger charge is -2.20. The molecule has 0 aliphatic carbocycles. The van der Waals surface area contributed by atoms with Gasteiger partial charge in [0.25, 0.3) is 0 Å². The fraction of sp³-hybridized carbons (Fsp3) is 0.250. The first-order valence-corrected chi connectivity index (χ1v) is 8.47. The lowest BCUT2D eigenvalue weighted by atomic mass is 9.99. The fourth-order valence-electron chi connectivity index (χ4n) is 2.22. The predicted molar refractivity (Wildman–Crippen MR) is 95.7 cm³/mol. The molecule has 0 saturated heterocycles. The first kappa shape index (κ1) is 17.0. The molecule has 0 heterocycles. The standard InChI is InChI=1S/C16H15Cl2FIN/c1-2-21-16(12-9-11(17)4-6-15(12)20)8-10-3-5-14(19)13(18)7-10/h3-7,9,16,21H,2,8H2,1H3. The summed E-state index contributed by atoms with van der Waals surface area (Å²) in [6, 6.07) is 10.8. The van der Waals surface area contributed by atoms with Crippen LogP contribution in [0.15, 0.2) is 36.4 Å². The predicted octanol–water partition coefficient (Wildman–Crippen LogP) is 5.63. The Balaban J connectivity index is 2.30. The quantitative estimate of drug-likeness (QED) is 0.597. The van der Waals surface area contributed by atoms with Gasteiger partial charge in [-0.15, -0.1) is 0 Å². The van der Waals surface area contributed by atoms with E-state index in [1.807, 2.05) is 18.2 Å². The van der Waals surface area contributed by atoms with Crippen molar-refractivity contribution >= 4 is 45.8 Å². The van der Waals surface area contributed by atoms with Gasteiger partial charge in [-0.3, -0.25) is 0 Å². The molecule has 0 saturated carbocycles. The number of likely N-dealkylation sites (N-methyl/N-ethyl adjacent to an activating group) is 1. The molecule has 0 aliphatic heterocycles. The number of rotatable bonds is 5. The van der Waals surface area contributed by atoms with Crippen LogP contribution in [-0.2, 0) is 6.42 Å². The van der Waals surface area contributed by atoms with Gasteiger partial charge in [-0.2, -0.15) is 0 Å². The molecule has 1 nitrogen and oxygen atoms in total. The number of benzene rings is 2. The third-order valence-corrected chi connectivity index (χ3v) is 4.71. The summed E-state index contributed by atoms with van der Waals surface area (Å²) in [5, 5.41) is 4.32. The fourth-order valence-corrected chi connectivity index (χ4v) is 3.32. The number of halogens is 4. The first-order valence-electron chi connectivity index (χ1n) is 6.63. The highest BCUT2D eigenvalue weighted by Crippen LogP contribution is 2.27. The van der Waals surface area contributed by atoms with E-state index >= 15 is 0 Å². The SMILES string of the molecule is CCNC(Cc1ccc(F)c(Cl)c1)c1cc(Cl)ccc1I. The number of nitrogens with one attached hydrogen (secondary N) is 1. The Morgan fingerprint density at radius 3 is 2.62 bits per heavy atom. The molecule has 2 aromatic carbocycles. The van der Waals surface area contributed by atoms with Gasteiger partial charge in [0.15, 0.2) is 0 Å². The Kier molecular flexibility index (Phi) is 6.29. The van der Waals surface area contributed by atoms with Crippen LogP contribution in [0.4, 0.5) is 4.39 Å². The first-order chi connectivity index (χ1) is 10.0. The van der Waals surface area contributed by atoms with Crippen molar-refractivity contribution in [2.24, 2.45) is 0 Å². The number of hydrogen-bond acceptors (Lipinski definition) is 1. The van der Waals surface area contributed by atoms with Crippen molar-refractivity contribution in [3.8, 4) is 0 Å². The van der Waals surface area contributed by atoms with Gasteiger partial charge in [-0.25, -0.2) is 4.39 Å². The topological polar surface area (TPSA) is 12.0 Å². The van der Waals surface area contributed by atoms with Crippen LogP contribution in [0.5, 0.6) is 0 Å². The summed E-state index contributed by atoms with van der Waals surface area (Å²) >= 11 is 14.3. The molecular formula is C16H15Cl2FIN. The molecule has 0 aliphatic rings. The Hall–Kier alpha value is -0.360. The van der Waals surface area contributed by atoms with E-state index in [1.54, 1.807) is 12.1 Å². The van der Waals surface area contributed by atoms with Gasteiger partial charge < -0.3 is 5.32 Å². The molecule has 1 N–H and O–H groups in total.